The standard InChI is InChI=1S/C47H31F9O/c1-28-14-11-24-36(29(28)2)42-39(31-17-12-19-33(26-31)45(48,49)50)40(30-15-5-3-6-16-30)44(47(54,55)56)41(32-18-13-20-34(27-32)46(51,52)53)43(42)37-23-9-10-25-38(37)57-35-21-7-4-8-22-35/h3-27H,1-2H3. The van der Waals surface area contributed by atoms with Crippen LogP contribution in [0.25, 0.3) is 55.6 Å². The monoisotopic (exact) mass is 782 g/mol. The lowest BCUT2D eigenvalue weighted by Crippen LogP contribution is -2.14. The molecule has 0 saturated carbocycles. The molecule has 7 aromatic rings. The minimum atomic E-state index is -5.28. The number of aryl methyl sites for hydroxylation is 1. The first-order valence-corrected chi connectivity index (χ1v) is 17.6. The normalized spacial score (nSPS) is 12.1. The Kier molecular flexibility index (Phi) is 10.2. The molecule has 0 radical (unpaired) electrons. The van der Waals surface area contributed by atoms with Crippen molar-refractivity contribution in [1.29, 1.82) is 0 Å². The quantitative estimate of drug-likeness (QED) is 0.146. The van der Waals surface area contributed by atoms with Gasteiger partial charge < -0.3 is 4.74 Å². The Labute approximate surface area is 322 Å². The molecule has 0 spiro atoms. The predicted molar refractivity (Wildman–Crippen MR) is 205 cm³/mol. The molecule has 10 heteroatoms. The van der Waals surface area contributed by atoms with E-state index in [4.69, 9.17) is 4.74 Å². The van der Waals surface area contributed by atoms with E-state index < -0.39 is 51.9 Å². The first-order chi connectivity index (χ1) is 27.0. The number of halogens is 9. The molecule has 0 atom stereocenters. The van der Waals surface area contributed by atoms with Crippen molar-refractivity contribution in [1.82, 2.24) is 0 Å². The van der Waals surface area contributed by atoms with Crippen LogP contribution in [0.4, 0.5) is 39.5 Å². The van der Waals surface area contributed by atoms with Crippen LogP contribution in [0.15, 0.2) is 152 Å². The molecule has 57 heavy (non-hydrogen) atoms. The van der Waals surface area contributed by atoms with Gasteiger partial charge in [-0.25, -0.2) is 0 Å². The second kappa shape index (κ2) is 15.0. The van der Waals surface area contributed by atoms with Crippen LogP contribution in [0.1, 0.15) is 27.8 Å². The van der Waals surface area contributed by atoms with Gasteiger partial charge in [0.25, 0.3) is 0 Å². The number of hydrogen-bond acceptors (Lipinski definition) is 1. The van der Waals surface area contributed by atoms with E-state index in [1.165, 1.54) is 48.5 Å². The molecule has 0 amide bonds. The molecular weight excluding hydrogens is 751 g/mol. The van der Waals surface area contributed by atoms with Crippen molar-refractivity contribution in [2.75, 3.05) is 0 Å². The average Bonchev–Trinajstić information content (AvgIpc) is 3.18. The molecule has 0 unspecified atom stereocenters. The van der Waals surface area contributed by atoms with Crippen LogP contribution in [0, 0.1) is 13.8 Å². The second-order valence-corrected chi connectivity index (χ2v) is 13.4. The zero-order valence-corrected chi connectivity index (χ0v) is 30.2. The SMILES string of the molecule is Cc1cccc(-c2c(-c3cccc(C(F)(F)F)c3)c(-c3ccccc3)c(C(F)(F)F)c(-c3cccc(C(F)(F)F)c3)c2-c2ccccc2Oc2ccccc2)c1C. The van der Waals surface area contributed by atoms with Crippen LogP contribution < -0.4 is 4.74 Å². The van der Waals surface area contributed by atoms with Crippen molar-refractivity contribution < 1.29 is 44.3 Å². The van der Waals surface area contributed by atoms with Gasteiger partial charge >= 0.3 is 18.5 Å². The third-order valence-corrected chi connectivity index (χ3v) is 9.80. The summed E-state index contributed by atoms with van der Waals surface area (Å²) < 4.78 is 142. The molecule has 0 aliphatic rings. The fourth-order valence-electron chi connectivity index (χ4n) is 7.14. The minimum absolute atomic E-state index is 0.0163. The molecular formula is C47H31F9O. The van der Waals surface area contributed by atoms with E-state index in [2.05, 4.69) is 0 Å². The summed E-state index contributed by atoms with van der Waals surface area (Å²) >= 11 is 0. The van der Waals surface area contributed by atoms with Gasteiger partial charge in [-0.15, -0.1) is 0 Å². The van der Waals surface area contributed by atoms with Crippen LogP contribution in [0.3, 0.4) is 0 Å². The van der Waals surface area contributed by atoms with Crippen LogP contribution in [-0.4, -0.2) is 0 Å². The Morgan fingerprint density at radius 2 is 0.842 bits per heavy atom. The Morgan fingerprint density at radius 3 is 1.42 bits per heavy atom. The maximum absolute atomic E-state index is 16.4. The molecule has 0 aromatic heterocycles. The number of rotatable bonds is 7. The molecule has 0 heterocycles. The topological polar surface area (TPSA) is 9.23 Å². The molecule has 288 valence electrons. The molecule has 0 aliphatic heterocycles. The summed E-state index contributed by atoms with van der Waals surface area (Å²) in [5, 5.41) is 0. The highest BCUT2D eigenvalue weighted by molar-refractivity contribution is 6.11. The highest BCUT2D eigenvalue weighted by Gasteiger charge is 2.43. The Balaban J connectivity index is 1.83. The summed E-state index contributed by atoms with van der Waals surface area (Å²) in [5.74, 6) is 0.368. The van der Waals surface area contributed by atoms with Gasteiger partial charge in [0, 0.05) is 22.3 Å². The van der Waals surface area contributed by atoms with Crippen LogP contribution >= 0.6 is 0 Å². The minimum Gasteiger partial charge on any atom is -0.457 e. The maximum Gasteiger partial charge on any atom is 0.417 e. The number of ether oxygens (including phenoxy) is 1. The van der Waals surface area contributed by atoms with Gasteiger partial charge in [-0.1, -0.05) is 109 Å². The number of benzene rings is 7. The van der Waals surface area contributed by atoms with Crippen molar-refractivity contribution >= 4 is 0 Å². The zero-order valence-electron chi connectivity index (χ0n) is 30.2. The van der Waals surface area contributed by atoms with E-state index in [1.54, 1.807) is 80.6 Å². The van der Waals surface area contributed by atoms with Gasteiger partial charge in [-0.2, -0.15) is 39.5 Å². The summed E-state index contributed by atoms with van der Waals surface area (Å²) in [6.45, 7) is 3.52. The van der Waals surface area contributed by atoms with E-state index in [0.29, 0.717) is 28.5 Å². The Morgan fingerprint density at radius 1 is 0.386 bits per heavy atom. The first-order valence-electron chi connectivity index (χ1n) is 17.6. The van der Waals surface area contributed by atoms with Crippen molar-refractivity contribution in [3.63, 3.8) is 0 Å². The molecule has 0 aliphatic carbocycles. The fraction of sp³-hybridized carbons (Fsp3) is 0.106. The Bertz CT molecular complexity index is 2570. The number of alkyl halides is 9. The highest BCUT2D eigenvalue weighted by Crippen LogP contribution is 2.58. The zero-order chi connectivity index (χ0) is 40.7. The van der Waals surface area contributed by atoms with Gasteiger partial charge in [0.1, 0.15) is 11.5 Å². The fourth-order valence-corrected chi connectivity index (χ4v) is 7.14. The summed E-state index contributed by atoms with van der Waals surface area (Å²) in [6, 6.07) is 34.7. The number of para-hydroxylation sites is 2. The van der Waals surface area contributed by atoms with Crippen molar-refractivity contribution in [3.8, 4) is 67.1 Å². The molecule has 7 rings (SSSR count). The van der Waals surface area contributed by atoms with Crippen molar-refractivity contribution in [3.05, 3.63) is 179 Å². The van der Waals surface area contributed by atoms with E-state index in [0.717, 1.165) is 30.3 Å². The molecule has 1 nitrogen and oxygen atoms in total. The highest BCUT2D eigenvalue weighted by atomic mass is 19.4. The summed E-state index contributed by atoms with van der Waals surface area (Å²) in [7, 11) is 0. The van der Waals surface area contributed by atoms with Crippen LogP contribution in [-0.2, 0) is 18.5 Å². The lowest BCUT2D eigenvalue weighted by molar-refractivity contribution is -0.138. The lowest BCUT2D eigenvalue weighted by Gasteiger charge is -2.30. The van der Waals surface area contributed by atoms with Gasteiger partial charge in [0.2, 0.25) is 0 Å². The lowest BCUT2D eigenvalue weighted by atomic mass is 9.74. The van der Waals surface area contributed by atoms with Gasteiger partial charge in [-0.3, -0.25) is 0 Å². The largest absolute Gasteiger partial charge is 0.457 e. The smallest absolute Gasteiger partial charge is 0.417 e. The molecule has 7 aromatic carbocycles. The average molecular weight is 783 g/mol. The van der Waals surface area contributed by atoms with E-state index in [9.17, 15) is 26.3 Å². The van der Waals surface area contributed by atoms with E-state index in [-0.39, 0.29) is 39.1 Å². The third kappa shape index (κ3) is 7.77. The van der Waals surface area contributed by atoms with Crippen molar-refractivity contribution in [2.24, 2.45) is 0 Å². The van der Waals surface area contributed by atoms with Crippen molar-refractivity contribution in [2.45, 2.75) is 32.4 Å². The summed E-state index contributed by atoms with van der Waals surface area (Å²) in [4.78, 5) is 0. The van der Waals surface area contributed by atoms with Crippen LogP contribution in [0.2, 0.25) is 0 Å². The predicted octanol–water partition coefficient (Wildman–Crippen LogP) is 15.5. The molecule has 0 N–H and O–H groups in total. The number of hydrogen-bond donors (Lipinski definition) is 0. The van der Waals surface area contributed by atoms with Gasteiger partial charge in [-0.05, 0) is 101 Å². The molecule has 0 saturated heterocycles. The Hall–Kier alpha value is -6.29. The van der Waals surface area contributed by atoms with E-state index in [1.807, 2.05) is 0 Å². The second-order valence-electron chi connectivity index (χ2n) is 13.4. The maximum atomic E-state index is 16.4. The van der Waals surface area contributed by atoms with E-state index >= 15 is 13.2 Å². The third-order valence-electron chi connectivity index (χ3n) is 9.80. The summed E-state index contributed by atoms with van der Waals surface area (Å²) in [6.07, 6.45) is -15.1. The first kappa shape index (κ1) is 39.0. The summed E-state index contributed by atoms with van der Waals surface area (Å²) in [5.41, 5.74) is -3.97. The van der Waals surface area contributed by atoms with Gasteiger partial charge in [0.05, 0.1) is 16.7 Å². The van der Waals surface area contributed by atoms with Crippen LogP contribution in [0.5, 0.6) is 11.5 Å². The van der Waals surface area contributed by atoms with Gasteiger partial charge in [0.15, 0.2) is 0 Å². The molecule has 0 fully saturated rings. The molecule has 0 bridgehead atoms.